The van der Waals surface area contributed by atoms with Gasteiger partial charge in [0.2, 0.25) is 0 Å². The van der Waals surface area contributed by atoms with Crippen molar-refractivity contribution in [2.75, 3.05) is 30.9 Å². The topological polar surface area (TPSA) is 35.6 Å². The van der Waals surface area contributed by atoms with Crippen molar-refractivity contribution in [1.82, 2.24) is 4.90 Å². The number of hydrogen-bond donors (Lipinski definition) is 1. The third kappa shape index (κ3) is 4.01. The van der Waals surface area contributed by atoms with Gasteiger partial charge in [-0.15, -0.1) is 0 Å². The first-order valence-corrected chi connectivity index (χ1v) is 9.36. The van der Waals surface area contributed by atoms with Gasteiger partial charge in [0.1, 0.15) is 0 Å². The first-order valence-electron chi connectivity index (χ1n) is 9.36. The lowest BCUT2D eigenvalue weighted by molar-refractivity contribution is 0.206. The Morgan fingerprint density at radius 1 is 1.15 bits per heavy atom. The van der Waals surface area contributed by atoms with Crippen molar-refractivity contribution in [3.05, 3.63) is 59.2 Å². The maximum absolute atomic E-state index is 12.9. The maximum atomic E-state index is 12.9. The smallest absolute Gasteiger partial charge is 0.322 e. The van der Waals surface area contributed by atoms with E-state index in [0.29, 0.717) is 0 Å². The van der Waals surface area contributed by atoms with Gasteiger partial charge in [0.25, 0.3) is 0 Å². The number of amides is 2. The van der Waals surface area contributed by atoms with Crippen LogP contribution in [0.3, 0.4) is 0 Å². The van der Waals surface area contributed by atoms with Gasteiger partial charge in [-0.25, -0.2) is 4.79 Å². The van der Waals surface area contributed by atoms with Gasteiger partial charge in [0, 0.05) is 38.1 Å². The Morgan fingerprint density at radius 2 is 1.81 bits per heavy atom. The summed E-state index contributed by atoms with van der Waals surface area (Å²) in [5.41, 5.74) is 5.58. The van der Waals surface area contributed by atoms with Crippen LogP contribution in [0.1, 0.15) is 29.5 Å². The zero-order valence-corrected chi connectivity index (χ0v) is 16.2. The zero-order valence-electron chi connectivity index (χ0n) is 16.2. The van der Waals surface area contributed by atoms with E-state index in [1.165, 1.54) is 5.56 Å². The van der Waals surface area contributed by atoms with E-state index < -0.39 is 0 Å². The Balaban J connectivity index is 1.73. The Morgan fingerprint density at radius 3 is 2.42 bits per heavy atom. The van der Waals surface area contributed by atoms with Crippen LogP contribution in [0.15, 0.2) is 42.5 Å². The predicted octanol–water partition coefficient (Wildman–Crippen LogP) is 4.61. The SMILES string of the molecule is Cc1cc(N(C)C)cc(C)c1NC(=O)N1CCCC1Cc1ccccc1. The molecule has 0 bridgehead atoms. The highest BCUT2D eigenvalue weighted by atomic mass is 16.2. The maximum Gasteiger partial charge on any atom is 0.322 e. The van der Waals surface area contributed by atoms with Crippen LogP contribution < -0.4 is 10.2 Å². The molecule has 1 aliphatic heterocycles. The highest BCUT2D eigenvalue weighted by Gasteiger charge is 2.29. The molecule has 0 aliphatic carbocycles. The molecule has 138 valence electrons. The van der Waals surface area contributed by atoms with Gasteiger partial charge >= 0.3 is 6.03 Å². The summed E-state index contributed by atoms with van der Waals surface area (Å²) in [6, 6.07) is 15.0. The molecule has 4 heteroatoms. The minimum atomic E-state index is 0.0206. The lowest BCUT2D eigenvalue weighted by Crippen LogP contribution is -2.40. The second-order valence-corrected chi connectivity index (χ2v) is 7.46. The van der Waals surface area contributed by atoms with Gasteiger partial charge in [-0.1, -0.05) is 30.3 Å². The predicted molar refractivity (Wildman–Crippen MR) is 109 cm³/mol. The van der Waals surface area contributed by atoms with Crippen LogP contribution in [0.2, 0.25) is 0 Å². The largest absolute Gasteiger partial charge is 0.378 e. The molecule has 1 unspecified atom stereocenters. The van der Waals surface area contributed by atoms with Crippen molar-refractivity contribution in [1.29, 1.82) is 0 Å². The van der Waals surface area contributed by atoms with E-state index in [0.717, 1.165) is 48.3 Å². The van der Waals surface area contributed by atoms with Gasteiger partial charge in [-0.05, 0) is 61.9 Å². The fraction of sp³-hybridized carbons (Fsp3) is 0.409. The van der Waals surface area contributed by atoms with Crippen LogP contribution in [-0.4, -0.2) is 37.6 Å². The fourth-order valence-electron chi connectivity index (χ4n) is 3.78. The number of urea groups is 1. The fourth-order valence-corrected chi connectivity index (χ4v) is 3.78. The van der Waals surface area contributed by atoms with Gasteiger partial charge in [0.15, 0.2) is 0 Å². The normalized spacial score (nSPS) is 16.6. The van der Waals surface area contributed by atoms with Crippen LogP contribution in [0.25, 0.3) is 0 Å². The van der Waals surface area contributed by atoms with E-state index in [1.807, 2.05) is 25.1 Å². The first-order chi connectivity index (χ1) is 12.5. The third-order valence-corrected chi connectivity index (χ3v) is 5.22. The van der Waals surface area contributed by atoms with E-state index >= 15 is 0 Å². The van der Waals surface area contributed by atoms with Crippen molar-refractivity contribution in [2.45, 2.75) is 39.2 Å². The van der Waals surface area contributed by atoms with E-state index in [4.69, 9.17) is 0 Å². The molecule has 0 radical (unpaired) electrons. The molecule has 1 aliphatic rings. The zero-order chi connectivity index (χ0) is 18.7. The number of hydrogen-bond acceptors (Lipinski definition) is 2. The van der Waals surface area contributed by atoms with E-state index in [-0.39, 0.29) is 12.1 Å². The molecule has 3 rings (SSSR count). The number of likely N-dealkylation sites (tertiary alicyclic amines) is 1. The van der Waals surface area contributed by atoms with Gasteiger partial charge in [-0.3, -0.25) is 0 Å². The second-order valence-electron chi connectivity index (χ2n) is 7.46. The van der Waals surface area contributed by atoms with Crippen LogP contribution in [0.4, 0.5) is 16.2 Å². The summed E-state index contributed by atoms with van der Waals surface area (Å²) in [5, 5.41) is 3.17. The lowest BCUT2D eigenvalue weighted by Gasteiger charge is -2.26. The molecule has 1 saturated heterocycles. The molecule has 1 N–H and O–H groups in total. The van der Waals surface area contributed by atoms with Crippen LogP contribution >= 0.6 is 0 Å². The summed E-state index contributed by atoms with van der Waals surface area (Å²) in [5.74, 6) is 0. The molecule has 26 heavy (non-hydrogen) atoms. The molecule has 1 heterocycles. The lowest BCUT2D eigenvalue weighted by atomic mass is 10.0. The monoisotopic (exact) mass is 351 g/mol. The number of nitrogens with one attached hydrogen (secondary N) is 1. The Labute approximate surface area is 156 Å². The highest BCUT2D eigenvalue weighted by Crippen LogP contribution is 2.28. The summed E-state index contributed by atoms with van der Waals surface area (Å²) in [4.78, 5) is 17.0. The van der Waals surface area contributed by atoms with Crippen LogP contribution in [0.5, 0.6) is 0 Å². The number of carbonyl (C=O) groups excluding carboxylic acids is 1. The molecule has 1 atom stereocenters. The molecule has 0 aromatic heterocycles. The van der Waals surface area contributed by atoms with E-state index in [9.17, 15) is 4.79 Å². The number of benzene rings is 2. The molecule has 2 aromatic carbocycles. The second kappa shape index (κ2) is 7.81. The summed E-state index contributed by atoms with van der Waals surface area (Å²) < 4.78 is 0. The summed E-state index contributed by atoms with van der Waals surface area (Å²) in [6.07, 6.45) is 3.06. The van der Waals surface area contributed by atoms with E-state index in [2.05, 4.69) is 60.5 Å². The molecule has 2 amide bonds. The average Bonchev–Trinajstić information content (AvgIpc) is 3.06. The number of anilines is 2. The Kier molecular flexibility index (Phi) is 5.50. The number of aryl methyl sites for hydroxylation is 2. The quantitative estimate of drug-likeness (QED) is 0.873. The minimum Gasteiger partial charge on any atom is -0.378 e. The number of nitrogens with zero attached hydrogens (tertiary/aromatic N) is 2. The Bertz CT molecular complexity index is 747. The summed E-state index contributed by atoms with van der Waals surface area (Å²) >= 11 is 0. The van der Waals surface area contributed by atoms with Crippen LogP contribution in [-0.2, 0) is 6.42 Å². The standard InChI is InChI=1S/C22H29N3O/c1-16-13-20(24(3)4)14-17(2)21(16)23-22(26)25-12-8-11-19(25)15-18-9-6-5-7-10-18/h5-7,9-10,13-14,19H,8,11-12,15H2,1-4H3,(H,23,26). The molecule has 4 nitrogen and oxygen atoms in total. The highest BCUT2D eigenvalue weighted by molar-refractivity contribution is 5.92. The summed E-state index contributed by atoms with van der Waals surface area (Å²) in [6.45, 7) is 4.94. The van der Waals surface area contributed by atoms with Crippen molar-refractivity contribution in [3.63, 3.8) is 0 Å². The number of rotatable bonds is 4. The Hall–Kier alpha value is -2.49. The van der Waals surface area contributed by atoms with Crippen LogP contribution in [0, 0.1) is 13.8 Å². The molecule has 1 fully saturated rings. The van der Waals surface area contributed by atoms with Crippen molar-refractivity contribution in [2.24, 2.45) is 0 Å². The summed E-state index contributed by atoms with van der Waals surface area (Å²) in [7, 11) is 4.07. The molecular formula is C22H29N3O. The average molecular weight is 351 g/mol. The van der Waals surface area contributed by atoms with E-state index in [1.54, 1.807) is 0 Å². The van der Waals surface area contributed by atoms with Crippen molar-refractivity contribution < 1.29 is 4.79 Å². The van der Waals surface area contributed by atoms with Gasteiger partial charge in [-0.2, -0.15) is 0 Å². The van der Waals surface area contributed by atoms with Gasteiger partial charge < -0.3 is 15.1 Å². The number of carbonyl (C=O) groups is 1. The van der Waals surface area contributed by atoms with Crippen molar-refractivity contribution >= 4 is 17.4 Å². The van der Waals surface area contributed by atoms with Crippen molar-refractivity contribution in [3.8, 4) is 0 Å². The molecule has 2 aromatic rings. The van der Waals surface area contributed by atoms with Gasteiger partial charge in [0.05, 0.1) is 0 Å². The molecular weight excluding hydrogens is 322 g/mol. The third-order valence-electron chi connectivity index (χ3n) is 5.22. The minimum absolute atomic E-state index is 0.0206. The molecule has 0 spiro atoms. The molecule has 0 saturated carbocycles. The first kappa shape index (κ1) is 18.3.